The number of aromatic carboxylic acids is 1. The van der Waals surface area contributed by atoms with Crippen LogP contribution in [0.1, 0.15) is 21.5 Å². The van der Waals surface area contributed by atoms with Gasteiger partial charge in [0.1, 0.15) is 12.4 Å². The standard InChI is InChI=1S/C22H19NO5/c1-27-21-12-15(13-23-18-6-8-19(24)9-7-18)5-10-20(21)28-14-16-3-2-4-17(11-16)22(25)26/h2-13,24H,14H2,1H3,(H,25,26). The first-order valence-electron chi connectivity index (χ1n) is 8.51. The van der Waals surface area contributed by atoms with Gasteiger partial charge in [-0.3, -0.25) is 4.99 Å². The Morgan fingerprint density at radius 3 is 2.54 bits per heavy atom. The molecule has 2 N–H and O–H groups in total. The summed E-state index contributed by atoms with van der Waals surface area (Å²) in [5.41, 5.74) is 2.51. The van der Waals surface area contributed by atoms with Gasteiger partial charge in [-0.25, -0.2) is 4.79 Å². The summed E-state index contributed by atoms with van der Waals surface area (Å²) < 4.78 is 11.2. The maximum absolute atomic E-state index is 11.1. The fraction of sp³-hybridized carbons (Fsp3) is 0.0909. The lowest BCUT2D eigenvalue weighted by Crippen LogP contribution is -2.01. The molecule has 0 aliphatic carbocycles. The van der Waals surface area contributed by atoms with Crippen molar-refractivity contribution in [3.8, 4) is 17.2 Å². The van der Waals surface area contributed by atoms with Gasteiger partial charge in [0.15, 0.2) is 11.5 Å². The second-order valence-electron chi connectivity index (χ2n) is 5.98. The third kappa shape index (κ3) is 4.88. The van der Waals surface area contributed by atoms with E-state index in [2.05, 4.69) is 4.99 Å². The first kappa shape index (κ1) is 19.0. The number of phenolic OH excluding ortho intramolecular Hbond substituents is 1. The number of nitrogens with zero attached hydrogens (tertiary/aromatic N) is 1. The topological polar surface area (TPSA) is 88.4 Å². The minimum Gasteiger partial charge on any atom is -0.508 e. The number of rotatable bonds is 7. The molecule has 0 amide bonds. The lowest BCUT2D eigenvalue weighted by Gasteiger charge is -2.11. The van der Waals surface area contributed by atoms with Crippen LogP contribution in [0, 0.1) is 0 Å². The SMILES string of the molecule is COc1cc(C=Nc2ccc(O)cc2)ccc1OCc1cccc(C(=O)O)c1. The quantitative estimate of drug-likeness (QED) is 0.595. The molecule has 0 spiro atoms. The van der Waals surface area contributed by atoms with Gasteiger partial charge in [0.2, 0.25) is 0 Å². The predicted octanol–water partition coefficient (Wildman–Crippen LogP) is 4.43. The molecule has 3 aromatic carbocycles. The van der Waals surface area contributed by atoms with Crippen LogP contribution in [-0.2, 0) is 6.61 Å². The summed E-state index contributed by atoms with van der Waals surface area (Å²) in [6.07, 6.45) is 1.69. The van der Waals surface area contributed by atoms with Crippen molar-refractivity contribution in [2.45, 2.75) is 6.61 Å². The number of benzene rings is 3. The average molecular weight is 377 g/mol. The molecule has 6 nitrogen and oxygen atoms in total. The van der Waals surface area contributed by atoms with Crippen molar-refractivity contribution in [2.75, 3.05) is 7.11 Å². The second kappa shape index (κ2) is 8.73. The number of methoxy groups -OCH3 is 1. The first-order chi connectivity index (χ1) is 13.5. The molecule has 0 unspecified atom stereocenters. The highest BCUT2D eigenvalue weighted by molar-refractivity contribution is 5.87. The number of hydrogen-bond donors (Lipinski definition) is 2. The Morgan fingerprint density at radius 2 is 1.82 bits per heavy atom. The van der Waals surface area contributed by atoms with Crippen molar-refractivity contribution in [3.05, 3.63) is 83.4 Å². The summed E-state index contributed by atoms with van der Waals surface area (Å²) in [6, 6.07) is 18.6. The number of phenols is 1. The molecule has 0 radical (unpaired) electrons. The monoisotopic (exact) mass is 377 g/mol. The van der Waals surface area contributed by atoms with E-state index in [1.165, 1.54) is 6.07 Å². The molecule has 3 aromatic rings. The molecule has 0 heterocycles. The van der Waals surface area contributed by atoms with Gasteiger partial charge < -0.3 is 19.7 Å². The van der Waals surface area contributed by atoms with E-state index in [0.717, 1.165) is 16.8 Å². The molecule has 6 heteroatoms. The summed E-state index contributed by atoms with van der Waals surface area (Å²) in [6.45, 7) is 0.221. The van der Waals surface area contributed by atoms with Gasteiger partial charge >= 0.3 is 5.97 Å². The van der Waals surface area contributed by atoms with Crippen molar-refractivity contribution < 1.29 is 24.5 Å². The number of carboxylic acids is 1. The van der Waals surface area contributed by atoms with E-state index in [1.807, 2.05) is 6.07 Å². The maximum Gasteiger partial charge on any atom is 0.335 e. The maximum atomic E-state index is 11.1. The van der Waals surface area contributed by atoms with Crippen LogP contribution < -0.4 is 9.47 Å². The fourth-order valence-electron chi connectivity index (χ4n) is 2.53. The molecule has 0 bridgehead atoms. The highest BCUT2D eigenvalue weighted by Crippen LogP contribution is 2.29. The molecule has 142 valence electrons. The Labute approximate surface area is 162 Å². The second-order valence-corrected chi connectivity index (χ2v) is 5.98. The largest absolute Gasteiger partial charge is 0.508 e. The van der Waals surface area contributed by atoms with Crippen LogP contribution in [0.2, 0.25) is 0 Å². The molecule has 0 aliphatic heterocycles. The van der Waals surface area contributed by atoms with Crippen LogP contribution in [0.25, 0.3) is 0 Å². The average Bonchev–Trinajstić information content (AvgIpc) is 2.72. The molecule has 0 aromatic heterocycles. The molecule has 0 fully saturated rings. The predicted molar refractivity (Wildman–Crippen MR) is 106 cm³/mol. The zero-order valence-corrected chi connectivity index (χ0v) is 15.2. The van der Waals surface area contributed by atoms with Gasteiger partial charge in [0.05, 0.1) is 18.4 Å². The lowest BCUT2D eigenvalue weighted by molar-refractivity contribution is 0.0696. The third-order valence-corrected chi connectivity index (χ3v) is 3.97. The van der Waals surface area contributed by atoms with Gasteiger partial charge in [-0.15, -0.1) is 0 Å². The van der Waals surface area contributed by atoms with Crippen molar-refractivity contribution in [1.82, 2.24) is 0 Å². The van der Waals surface area contributed by atoms with E-state index in [9.17, 15) is 9.90 Å². The number of hydrogen-bond acceptors (Lipinski definition) is 5. The Kier molecular flexibility index (Phi) is 5.91. The number of aliphatic imine (C=N–C) groups is 1. The highest BCUT2D eigenvalue weighted by Gasteiger charge is 2.07. The number of ether oxygens (including phenoxy) is 2. The summed E-state index contributed by atoms with van der Waals surface area (Å²) >= 11 is 0. The molecule has 0 saturated heterocycles. The summed E-state index contributed by atoms with van der Waals surface area (Å²) in [5.74, 6) is 0.307. The number of carbonyl (C=O) groups is 1. The lowest BCUT2D eigenvalue weighted by atomic mass is 10.1. The molecular weight excluding hydrogens is 358 g/mol. The molecule has 3 rings (SSSR count). The van der Waals surface area contributed by atoms with Crippen molar-refractivity contribution in [2.24, 2.45) is 4.99 Å². The van der Waals surface area contributed by atoms with E-state index < -0.39 is 5.97 Å². The summed E-state index contributed by atoms with van der Waals surface area (Å²) in [7, 11) is 1.55. The highest BCUT2D eigenvalue weighted by atomic mass is 16.5. The number of aromatic hydroxyl groups is 1. The van der Waals surface area contributed by atoms with Gasteiger partial charge in [-0.2, -0.15) is 0 Å². The van der Waals surface area contributed by atoms with Crippen molar-refractivity contribution in [3.63, 3.8) is 0 Å². The Bertz CT molecular complexity index is 996. The third-order valence-electron chi connectivity index (χ3n) is 3.97. The van der Waals surface area contributed by atoms with Crippen molar-refractivity contribution in [1.29, 1.82) is 0 Å². The molecule has 0 aliphatic rings. The molecule has 0 atom stereocenters. The smallest absolute Gasteiger partial charge is 0.335 e. The number of carboxylic acid groups (broad SMARTS) is 1. The van der Waals surface area contributed by atoms with Gasteiger partial charge in [-0.1, -0.05) is 12.1 Å². The van der Waals surface area contributed by atoms with Gasteiger partial charge in [0.25, 0.3) is 0 Å². The summed E-state index contributed by atoms with van der Waals surface area (Å²) in [4.78, 5) is 15.4. The van der Waals surface area contributed by atoms with E-state index in [-0.39, 0.29) is 17.9 Å². The van der Waals surface area contributed by atoms with E-state index in [1.54, 1.807) is 67.9 Å². The van der Waals surface area contributed by atoms with Gasteiger partial charge in [-0.05, 0) is 65.7 Å². The van der Waals surface area contributed by atoms with Crippen LogP contribution in [0.5, 0.6) is 17.2 Å². The Morgan fingerprint density at radius 1 is 1.04 bits per heavy atom. The Hall–Kier alpha value is -3.80. The molecule has 28 heavy (non-hydrogen) atoms. The van der Waals surface area contributed by atoms with Crippen LogP contribution >= 0.6 is 0 Å². The molecule has 0 saturated carbocycles. The first-order valence-corrected chi connectivity index (χ1v) is 8.51. The zero-order valence-electron chi connectivity index (χ0n) is 15.2. The van der Waals surface area contributed by atoms with E-state index >= 15 is 0 Å². The van der Waals surface area contributed by atoms with Crippen LogP contribution in [0.4, 0.5) is 5.69 Å². The Balaban J connectivity index is 1.71. The minimum atomic E-state index is -0.975. The van der Waals surface area contributed by atoms with E-state index in [4.69, 9.17) is 14.6 Å². The van der Waals surface area contributed by atoms with Crippen LogP contribution in [0.15, 0.2) is 71.7 Å². The fourth-order valence-corrected chi connectivity index (χ4v) is 2.53. The van der Waals surface area contributed by atoms with Gasteiger partial charge in [0, 0.05) is 6.21 Å². The van der Waals surface area contributed by atoms with Crippen LogP contribution in [-0.4, -0.2) is 29.5 Å². The zero-order chi connectivity index (χ0) is 19.9. The van der Waals surface area contributed by atoms with E-state index in [0.29, 0.717) is 11.5 Å². The molecular formula is C22H19NO5. The summed E-state index contributed by atoms with van der Waals surface area (Å²) in [5, 5.41) is 18.4. The van der Waals surface area contributed by atoms with Crippen LogP contribution in [0.3, 0.4) is 0 Å². The van der Waals surface area contributed by atoms with Crippen molar-refractivity contribution >= 4 is 17.9 Å². The minimum absolute atomic E-state index is 0.191. The normalized spacial score (nSPS) is 10.8.